The molecule has 0 unspecified atom stereocenters. The molecular weight excluding hydrogens is 729 g/mol. The summed E-state index contributed by atoms with van der Waals surface area (Å²) < 4.78 is 6.75. The first-order valence-electron chi connectivity index (χ1n) is 15.0. The van der Waals surface area contributed by atoms with Gasteiger partial charge in [-0.3, -0.25) is 0 Å². The number of nitrogens with zero attached hydrogens (tertiary/aromatic N) is 4. The van der Waals surface area contributed by atoms with Gasteiger partial charge in [0.15, 0.2) is 0 Å². The summed E-state index contributed by atoms with van der Waals surface area (Å²) in [6.07, 6.45) is 5.44. The van der Waals surface area contributed by atoms with Crippen molar-refractivity contribution in [3.05, 3.63) is 145 Å². The maximum absolute atomic E-state index is 4.32. The Kier molecular flexibility index (Phi) is 7.45. The summed E-state index contributed by atoms with van der Waals surface area (Å²) in [6, 6.07) is 47.1. The predicted octanol–water partition coefficient (Wildman–Crippen LogP) is 9.10. The fourth-order valence-electron chi connectivity index (χ4n) is 6.31. The first-order valence-corrected chi connectivity index (χ1v) is 15.0. The molecule has 0 fully saturated rings. The van der Waals surface area contributed by atoms with Crippen LogP contribution in [0.2, 0.25) is 0 Å². The first kappa shape index (κ1) is 28.9. The smallest absolute Gasteiger partial charge is 0.342 e. The molecule has 0 N–H and O–H groups in total. The number of aryl methyl sites for hydroxylation is 1. The van der Waals surface area contributed by atoms with Crippen molar-refractivity contribution in [2.75, 3.05) is 0 Å². The number of rotatable bonds is 3. The van der Waals surface area contributed by atoms with Gasteiger partial charge in [0.05, 0.1) is 22.6 Å². The van der Waals surface area contributed by atoms with Gasteiger partial charge in [-0.1, -0.05) is 84.0 Å². The summed E-state index contributed by atoms with van der Waals surface area (Å²) >= 11 is 0. The molecule has 0 aliphatic carbocycles. The van der Waals surface area contributed by atoms with E-state index in [0.717, 1.165) is 22.5 Å². The van der Waals surface area contributed by atoms with Gasteiger partial charge >= 0.3 is 20.1 Å². The maximum Gasteiger partial charge on any atom is 3.00 e. The molecule has 218 valence electrons. The van der Waals surface area contributed by atoms with Crippen LogP contribution in [0.3, 0.4) is 0 Å². The zero-order chi connectivity index (χ0) is 29.8. The minimum Gasteiger partial charge on any atom is -0.342 e. The SMILES string of the molecule is CC(C)[n+]1[c-]n(-c2[c-]cc3c4cccc5c6ccccc6n(c3c2)c54)c2ccccc21.Cc1ccc(-c2[c-]cccc2)nc1.[Ir+3]. The molecule has 5 heteroatoms. The summed E-state index contributed by atoms with van der Waals surface area (Å²) in [5, 5.41) is 5.13. The second-order valence-corrected chi connectivity index (χ2v) is 11.6. The van der Waals surface area contributed by atoms with Gasteiger partial charge in [0.1, 0.15) is 0 Å². The van der Waals surface area contributed by atoms with Crippen molar-refractivity contribution < 1.29 is 24.7 Å². The van der Waals surface area contributed by atoms with Gasteiger partial charge in [0.2, 0.25) is 6.33 Å². The second kappa shape index (κ2) is 11.6. The van der Waals surface area contributed by atoms with Gasteiger partial charge < -0.3 is 18.5 Å². The fourth-order valence-corrected chi connectivity index (χ4v) is 6.31. The van der Waals surface area contributed by atoms with E-state index in [9.17, 15) is 0 Å². The average molecular weight is 759 g/mol. The third-order valence-electron chi connectivity index (χ3n) is 8.38. The van der Waals surface area contributed by atoms with Gasteiger partial charge in [-0.15, -0.1) is 47.3 Å². The molecule has 9 aromatic rings. The van der Waals surface area contributed by atoms with Gasteiger partial charge in [0, 0.05) is 22.5 Å². The van der Waals surface area contributed by atoms with Gasteiger partial charge in [0.25, 0.3) is 0 Å². The summed E-state index contributed by atoms with van der Waals surface area (Å²) in [6.45, 7) is 6.42. The summed E-state index contributed by atoms with van der Waals surface area (Å²) in [5.74, 6) is 0. The van der Waals surface area contributed by atoms with Gasteiger partial charge in [-0.2, -0.15) is 12.1 Å². The van der Waals surface area contributed by atoms with E-state index in [1.165, 1.54) is 49.2 Å². The zero-order valence-corrected chi connectivity index (χ0v) is 27.6. The Bertz CT molecular complexity index is 2420. The molecule has 0 saturated carbocycles. The van der Waals surface area contributed by atoms with Crippen LogP contribution in [0.1, 0.15) is 25.5 Å². The number of hydrogen-bond acceptors (Lipinski definition) is 1. The number of fused-ring (bicyclic) bond motifs is 7. The molecule has 0 aliphatic heterocycles. The summed E-state index contributed by atoms with van der Waals surface area (Å²) in [5.41, 5.74) is 10.3. The van der Waals surface area contributed by atoms with Gasteiger partial charge in [-0.05, 0) is 43.5 Å². The topological polar surface area (TPSA) is 26.1 Å². The number of pyridine rings is 1. The third kappa shape index (κ3) is 4.80. The van der Waals surface area contributed by atoms with Crippen LogP contribution in [-0.2, 0) is 20.1 Å². The van der Waals surface area contributed by atoms with Crippen molar-refractivity contribution in [1.82, 2.24) is 14.0 Å². The Balaban J connectivity index is 0.000000196. The van der Waals surface area contributed by atoms with Crippen molar-refractivity contribution in [2.45, 2.75) is 26.8 Å². The first-order chi connectivity index (χ1) is 21.6. The number of aromatic nitrogens is 4. The van der Waals surface area contributed by atoms with E-state index in [1.54, 1.807) is 0 Å². The summed E-state index contributed by atoms with van der Waals surface area (Å²) in [4.78, 5) is 4.32. The quantitative estimate of drug-likeness (QED) is 0.131. The fraction of sp³-hybridized carbons (Fsp3) is 0.100. The third-order valence-corrected chi connectivity index (χ3v) is 8.38. The molecule has 45 heavy (non-hydrogen) atoms. The molecular formula is C40H30IrN4+. The van der Waals surface area contributed by atoms with E-state index in [0.29, 0.717) is 6.04 Å². The normalized spacial score (nSPS) is 11.5. The maximum atomic E-state index is 4.32. The van der Waals surface area contributed by atoms with Crippen LogP contribution in [-0.4, -0.2) is 14.0 Å². The largest absolute Gasteiger partial charge is 3.00 e. The van der Waals surface area contributed by atoms with Crippen molar-refractivity contribution in [2.24, 2.45) is 0 Å². The standard InChI is InChI=1S/C28H20N3.C12H10N.Ir/c1-18(2)29-17-30(26-13-6-5-12-25(26)29)19-14-15-21-23-10-7-9-22-20-8-3-4-11-24(20)31(28(22)23)27(21)16-19;1-10-7-8-12(13-9-10)11-5-3-2-4-6-11;/h3-13,15-16,18H,1-2H3;2-5,7-9H,1H3;/q2*-1;+3. The van der Waals surface area contributed by atoms with Crippen molar-refractivity contribution in [1.29, 1.82) is 0 Å². The van der Waals surface area contributed by atoms with Crippen LogP contribution in [0.15, 0.2) is 121 Å². The molecule has 4 aromatic heterocycles. The predicted molar refractivity (Wildman–Crippen MR) is 179 cm³/mol. The van der Waals surface area contributed by atoms with E-state index in [-0.39, 0.29) is 20.1 Å². The molecule has 5 aromatic carbocycles. The van der Waals surface area contributed by atoms with E-state index in [4.69, 9.17) is 0 Å². The van der Waals surface area contributed by atoms with E-state index < -0.39 is 0 Å². The van der Waals surface area contributed by atoms with Crippen LogP contribution in [0.25, 0.3) is 66.1 Å². The number of para-hydroxylation sites is 4. The Morgan fingerprint density at radius 1 is 0.711 bits per heavy atom. The minimum atomic E-state index is 0. The molecule has 4 heterocycles. The molecule has 9 rings (SSSR count). The molecule has 0 amide bonds. The van der Waals surface area contributed by atoms with E-state index >= 15 is 0 Å². The average Bonchev–Trinajstić information content (AvgIpc) is 3.73. The Hall–Kier alpha value is -4.83. The summed E-state index contributed by atoms with van der Waals surface area (Å²) in [7, 11) is 0. The molecule has 0 atom stereocenters. The van der Waals surface area contributed by atoms with E-state index in [1.807, 2.05) is 43.5 Å². The van der Waals surface area contributed by atoms with Crippen molar-refractivity contribution in [3.63, 3.8) is 0 Å². The second-order valence-electron chi connectivity index (χ2n) is 11.6. The van der Waals surface area contributed by atoms with E-state index in [2.05, 4.69) is 136 Å². The van der Waals surface area contributed by atoms with Crippen LogP contribution < -0.4 is 4.57 Å². The Morgan fingerprint density at radius 3 is 2.20 bits per heavy atom. The molecule has 0 saturated heterocycles. The Labute approximate surface area is 275 Å². The van der Waals surface area contributed by atoms with Crippen LogP contribution >= 0.6 is 0 Å². The monoisotopic (exact) mass is 759 g/mol. The molecule has 0 aliphatic rings. The molecule has 0 radical (unpaired) electrons. The molecule has 0 spiro atoms. The number of imidazole rings is 1. The molecule has 4 nitrogen and oxygen atoms in total. The Morgan fingerprint density at radius 2 is 1.44 bits per heavy atom. The number of benzene rings is 5. The number of hydrogen-bond donors (Lipinski definition) is 0. The van der Waals surface area contributed by atoms with Crippen LogP contribution in [0.4, 0.5) is 0 Å². The van der Waals surface area contributed by atoms with Gasteiger partial charge in [-0.25, -0.2) is 0 Å². The zero-order valence-electron chi connectivity index (χ0n) is 25.2. The van der Waals surface area contributed by atoms with Crippen LogP contribution in [0, 0.1) is 25.4 Å². The van der Waals surface area contributed by atoms with Crippen LogP contribution in [0.5, 0.6) is 0 Å². The van der Waals surface area contributed by atoms with Crippen molar-refractivity contribution in [3.8, 4) is 16.9 Å². The van der Waals surface area contributed by atoms with Crippen molar-refractivity contribution >= 4 is 49.1 Å². The molecule has 0 bridgehead atoms. The minimum absolute atomic E-state index is 0.